The monoisotopic (exact) mass is 281 g/mol. The van der Waals surface area contributed by atoms with Crippen LogP contribution in [0, 0.1) is 0 Å². The van der Waals surface area contributed by atoms with Crippen molar-refractivity contribution in [2.45, 2.75) is 45.4 Å². The molecule has 6 heteroatoms. The van der Waals surface area contributed by atoms with E-state index in [1.165, 1.54) is 5.56 Å². The van der Waals surface area contributed by atoms with Crippen LogP contribution in [0.5, 0.6) is 0 Å². The summed E-state index contributed by atoms with van der Waals surface area (Å²) in [4.78, 5) is 12.9. The van der Waals surface area contributed by atoms with E-state index in [-0.39, 0.29) is 12.7 Å². The van der Waals surface area contributed by atoms with Crippen molar-refractivity contribution in [1.82, 2.24) is 14.7 Å². The highest BCUT2D eigenvalue weighted by Crippen LogP contribution is 2.24. The molecule has 112 valence electrons. The van der Waals surface area contributed by atoms with Gasteiger partial charge in [0, 0.05) is 37.4 Å². The second-order valence-electron chi connectivity index (χ2n) is 5.25. The molecule has 1 aromatic heterocycles. The van der Waals surface area contributed by atoms with Crippen LogP contribution in [0.25, 0.3) is 0 Å². The van der Waals surface area contributed by atoms with Crippen LogP contribution in [0.15, 0.2) is 12.4 Å². The Morgan fingerprint density at radius 1 is 1.55 bits per heavy atom. The molecule has 1 aromatic rings. The smallest absolute Gasteiger partial charge is 0.329 e. The maximum atomic E-state index is 10.5. The summed E-state index contributed by atoms with van der Waals surface area (Å²) >= 11 is 0. The molecule has 0 spiro atoms. The summed E-state index contributed by atoms with van der Waals surface area (Å²) < 4.78 is 7.30. The molecule has 0 aliphatic carbocycles. The maximum Gasteiger partial charge on any atom is 0.329 e. The Hall–Kier alpha value is -1.40. The number of carbonyl (C=O) groups is 1. The molecule has 20 heavy (non-hydrogen) atoms. The van der Waals surface area contributed by atoms with Crippen LogP contribution in [0.3, 0.4) is 0 Å². The molecule has 2 rings (SSSR count). The highest BCUT2D eigenvalue weighted by atomic mass is 16.5. The minimum absolute atomic E-state index is 0.0768. The third-order valence-corrected chi connectivity index (χ3v) is 3.93. The van der Waals surface area contributed by atoms with Crippen LogP contribution in [-0.2, 0) is 16.1 Å². The molecule has 0 radical (unpaired) electrons. The normalized spacial score (nSPS) is 19.1. The number of nitrogens with zero attached hydrogens (tertiary/aromatic N) is 3. The Morgan fingerprint density at radius 3 is 2.80 bits per heavy atom. The zero-order chi connectivity index (χ0) is 14.5. The average molecular weight is 281 g/mol. The van der Waals surface area contributed by atoms with E-state index in [0.717, 1.165) is 32.5 Å². The zero-order valence-corrected chi connectivity index (χ0v) is 12.2. The minimum atomic E-state index is -0.896. The number of hydrogen-bond acceptors (Lipinski definition) is 4. The minimum Gasteiger partial charge on any atom is -0.480 e. The molecule has 0 aromatic carbocycles. The summed E-state index contributed by atoms with van der Waals surface area (Å²) in [6.07, 6.45) is 5.88. The van der Waals surface area contributed by atoms with Gasteiger partial charge in [0.05, 0.1) is 12.3 Å². The Labute approximate surface area is 119 Å². The topological polar surface area (TPSA) is 67.6 Å². The molecule has 0 amide bonds. The largest absolute Gasteiger partial charge is 0.480 e. The Balaban J connectivity index is 1.82. The van der Waals surface area contributed by atoms with Crippen molar-refractivity contribution < 1.29 is 14.6 Å². The number of likely N-dealkylation sites (tertiary alicyclic amines) is 1. The molecule has 1 N–H and O–H groups in total. The predicted molar refractivity (Wildman–Crippen MR) is 74.5 cm³/mol. The first-order valence-electron chi connectivity index (χ1n) is 7.20. The molecule has 0 bridgehead atoms. The number of aromatic nitrogens is 2. The number of ether oxygens (including phenoxy) is 1. The van der Waals surface area contributed by atoms with Gasteiger partial charge in [-0.15, -0.1) is 0 Å². The quantitative estimate of drug-likeness (QED) is 0.856. The van der Waals surface area contributed by atoms with E-state index in [1.54, 1.807) is 0 Å². The van der Waals surface area contributed by atoms with Gasteiger partial charge in [0.25, 0.3) is 0 Å². The fourth-order valence-corrected chi connectivity index (χ4v) is 2.60. The second-order valence-corrected chi connectivity index (χ2v) is 5.25. The molecular formula is C14H23N3O3. The summed E-state index contributed by atoms with van der Waals surface area (Å²) in [5.41, 5.74) is 1.23. The lowest BCUT2D eigenvalue weighted by molar-refractivity contribution is -0.145. The summed E-state index contributed by atoms with van der Waals surface area (Å²) in [6, 6.07) is 0.343. The number of aryl methyl sites for hydroxylation is 1. The number of carboxylic acids is 1. The number of carboxylic acid groups (broad SMARTS) is 1. The summed E-state index contributed by atoms with van der Waals surface area (Å²) in [5, 5.41) is 12.9. The second kappa shape index (κ2) is 6.85. The first-order valence-corrected chi connectivity index (χ1v) is 7.20. The van der Waals surface area contributed by atoms with E-state index in [4.69, 9.17) is 9.84 Å². The molecule has 0 saturated carbocycles. The van der Waals surface area contributed by atoms with Crippen LogP contribution in [0.2, 0.25) is 0 Å². The molecule has 1 aliphatic rings. The Kier molecular flexibility index (Phi) is 5.14. The van der Waals surface area contributed by atoms with E-state index >= 15 is 0 Å². The van der Waals surface area contributed by atoms with Crippen molar-refractivity contribution in [3.05, 3.63) is 18.0 Å². The standard InChI is InChI=1S/C14H23N3O3/c1-3-17-9-12(8-15-17)11(2)16-6-4-13(5-7-16)20-10-14(18)19/h8-9,11,13H,3-7,10H2,1-2H3,(H,18,19). The summed E-state index contributed by atoms with van der Waals surface area (Å²) in [5.74, 6) is -0.896. The van der Waals surface area contributed by atoms with Gasteiger partial charge in [-0.25, -0.2) is 4.79 Å². The van der Waals surface area contributed by atoms with Crippen molar-refractivity contribution in [2.24, 2.45) is 0 Å². The Bertz CT molecular complexity index is 439. The Morgan fingerprint density at radius 2 is 2.25 bits per heavy atom. The van der Waals surface area contributed by atoms with Crippen LogP contribution in [0.4, 0.5) is 0 Å². The van der Waals surface area contributed by atoms with Crippen molar-refractivity contribution in [3.8, 4) is 0 Å². The third-order valence-electron chi connectivity index (χ3n) is 3.93. The number of rotatable bonds is 6. The molecule has 1 unspecified atom stereocenters. The van der Waals surface area contributed by atoms with E-state index in [0.29, 0.717) is 6.04 Å². The van der Waals surface area contributed by atoms with Gasteiger partial charge in [-0.1, -0.05) is 0 Å². The van der Waals surface area contributed by atoms with Gasteiger partial charge < -0.3 is 9.84 Å². The highest BCUT2D eigenvalue weighted by Gasteiger charge is 2.24. The van der Waals surface area contributed by atoms with Crippen molar-refractivity contribution in [2.75, 3.05) is 19.7 Å². The lowest BCUT2D eigenvalue weighted by atomic mass is 10.0. The van der Waals surface area contributed by atoms with Crippen molar-refractivity contribution in [1.29, 1.82) is 0 Å². The number of aliphatic carboxylic acids is 1. The van der Waals surface area contributed by atoms with Gasteiger partial charge in [-0.3, -0.25) is 9.58 Å². The summed E-state index contributed by atoms with van der Waals surface area (Å²) in [7, 11) is 0. The van der Waals surface area contributed by atoms with Crippen LogP contribution in [-0.4, -0.2) is 51.6 Å². The van der Waals surface area contributed by atoms with Gasteiger partial charge in [-0.05, 0) is 26.7 Å². The lowest BCUT2D eigenvalue weighted by Crippen LogP contribution is -2.39. The molecule has 1 saturated heterocycles. The first-order chi connectivity index (χ1) is 9.60. The first kappa shape index (κ1) is 15.0. The summed E-state index contributed by atoms with van der Waals surface area (Å²) in [6.45, 7) is 6.83. The van der Waals surface area contributed by atoms with Gasteiger partial charge in [0.15, 0.2) is 0 Å². The van der Waals surface area contributed by atoms with Crippen molar-refractivity contribution in [3.63, 3.8) is 0 Å². The molecule has 6 nitrogen and oxygen atoms in total. The fraction of sp³-hybridized carbons (Fsp3) is 0.714. The predicted octanol–water partition coefficient (Wildman–Crippen LogP) is 1.53. The molecule has 2 heterocycles. The molecule has 1 aliphatic heterocycles. The van der Waals surface area contributed by atoms with E-state index < -0.39 is 5.97 Å². The van der Waals surface area contributed by atoms with Crippen LogP contribution >= 0.6 is 0 Å². The third kappa shape index (κ3) is 3.80. The van der Waals surface area contributed by atoms with Crippen LogP contribution in [0.1, 0.15) is 38.3 Å². The fourth-order valence-electron chi connectivity index (χ4n) is 2.60. The SMILES string of the molecule is CCn1cc(C(C)N2CCC(OCC(=O)O)CC2)cn1. The van der Waals surface area contributed by atoms with Gasteiger partial charge in [0.2, 0.25) is 0 Å². The molecule has 1 atom stereocenters. The van der Waals surface area contributed by atoms with Gasteiger partial charge in [-0.2, -0.15) is 5.10 Å². The van der Waals surface area contributed by atoms with E-state index in [9.17, 15) is 4.79 Å². The van der Waals surface area contributed by atoms with Gasteiger partial charge in [0.1, 0.15) is 6.61 Å². The number of hydrogen-bond donors (Lipinski definition) is 1. The van der Waals surface area contributed by atoms with Gasteiger partial charge >= 0.3 is 5.97 Å². The van der Waals surface area contributed by atoms with Crippen molar-refractivity contribution >= 4 is 5.97 Å². The van der Waals surface area contributed by atoms with Crippen LogP contribution < -0.4 is 0 Å². The maximum absolute atomic E-state index is 10.5. The lowest BCUT2D eigenvalue weighted by Gasteiger charge is -2.35. The highest BCUT2D eigenvalue weighted by molar-refractivity contribution is 5.68. The van der Waals surface area contributed by atoms with E-state index in [1.807, 2.05) is 10.9 Å². The average Bonchev–Trinajstić information content (AvgIpc) is 2.94. The van der Waals surface area contributed by atoms with E-state index in [2.05, 4.69) is 30.0 Å². The zero-order valence-electron chi connectivity index (χ0n) is 12.2. The molecule has 1 fully saturated rings. The number of piperidine rings is 1. The molecular weight excluding hydrogens is 258 g/mol.